The van der Waals surface area contributed by atoms with Crippen molar-refractivity contribution in [3.05, 3.63) is 65.2 Å². The molecular formula is C30H34N2O4. The van der Waals surface area contributed by atoms with Crippen molar-refractivity contribution in [1.82, 2.24) is 10.3 Å². The lowest BCUT2D eigenvalue weighted by Gasteiger charge is -2.48. The third-order valence-electron chi connectivity index (χ3n) is 9.08. The minimum absolute atomic E-state index is 0.0709. The number of aromatic nitrogens is 1. The van der Waals surface area contributed by atoms with Gasteiger partial charge in [0.25, 0.3) is 0 Å². The van der Waals surface area contributed by atoms with E-state index in [-0.39, 0.29) is 47.1 Å². The van der Waals surface area contributed by atoms with Gasteiger partial charge in [0, 0.05) is 49.4 Å². The van der Waals surface area contributed by atoms with E-state index in [1.54, 1.807) is 0 Å². The van der Waals surface area contributed by atoms with Gasteiger partial charge in [-0.15, -0.1) is 0 Å². The van der Waals surface area contributed by atoms with E-state index < -0.39 is 0 Å². The molecule has 2 unspecified atom stereocenters. The van der Waals surface area contributed by atoms with E-state index in [9.17, 15) is 9.59 Å². The van der Waals surface area contributed by atoms with Crippen molar-refractivity contribution >= 4 is 22.5 Å². The van der Waals surface area contributed by atoms with Crippen molar-refractivity contribution in [3.8, 4) is 0 Å². The van der Waals surface area contributed by atoms with Gasteiger partial charge in [0.05, 0.1) is 5.57 Å². The average Bonchev–Trinajstić information content (AvgIpc) is 3.14. The van der Waals surface area contributed by atoms with Crippen LogP contribution in [0.5, 0.6) is 0 Å². The summed E-state index contributed by atoms with van der Waals surface area (Å²) in [6.07, 6.45) is 9.54. The van der Waals surface area contributed by atoms with Crippen LogP contribution in [0.3, 0.4) is 0 Å². The van der Waals surface area contributed by atoms with Crippen LogP contribution in [0.25, 0.3) is 10.8 Å². The van der Waals surface area contributed by atoms with Crippen molar-refractivity contribution in [3.63, 3.8) is 0 Å². The first-order valence-electron chi connectivity index (χ1n) is 13.2. The van der Waals surface area contributed by atoms with E-state index in [1.807, 2.05) is 25.5 Å². The van der Waals surface area contributed by atoms with E-state index in [1.165, 1.54) is 18.1 Å². The Balaban J connectivity index is 1.36. The molecule has 36 heavy (non-hydrogen) atoms. The predicted octanol–water partition coefficient (Wildman–Crippen LogP) is 4.85. The molecule has 0 amide bonds. The second-order valence-electron chi connectivity index (χ2n) is 11.3. The number of nitrogens with one attached hydrogen (secondary N) is 1. The monoisotopic (exact) mass is 486 g/mol. The number of benzene rings is 1. The Morgan fingerprint density at radius 3 is 2.92 bits per heavy atom. The Morgan fingerprint density at radius 2 is 2.11 bits per heavy atom. The average molecular weight is 487 g/mol. The maximum atomic E-state index is 12.9. The molecule has 0 saturated heterocycles. The van der Waals surface area contributed by atoms with E-state index in [0.717, 1.165) is 54.3 Å². The molecule has 2 fully saturated rings. The van der Waals surface area contributed by atoms with Gasteiger partial charge >= 0.3 is 5.97 Å². The lowest BCUT2D eigenvalue weighted by molar-refractivity contribution is -0.147. The molecule has 1 aliphatic heterocycles. The summed E-state index contributed by atoms with van der Waals surface area (Å²) in [4.78, 5) is 29.4. The van der Waals surface area contributed by atoms with Crippen LogP contribution in [-0.2, 0) is 19.1 Å². The largest absolute Gasteiger partial charge is 0.489 e. The van der Waals surface area contributed by atoms with E-state index in [2.05, 4.69) is 41.5 Å². The van der Waals surface area contributed by atoms with E-state index in [0.29, 0.717) is 6.42 Å². The summed E-state index contributed by atoms with van der Waals surface area (Å²) in [6.45, 7) is 4.65. The summed E-state index contributed by atoms with van der Waals surface area (Å²) >= 11 is 0. The molecule has 1 aromatic heterocycles. The summed E-state index contributed by atoms with van der Waals surface area (Å²) in [7, 11) is 1.93. The van der Waals surface area contributed by atoms with Crippen molar-refractivity contribution < 1.29 is 19.1 Å². The fourth-order valence-corrected chi connectivity index (χ4v) is 7.49. The van der Waals surface area contributed by atoms with Gasteiger partial charge in [-0.05, 0) is 78.9 Å². The second kappa shape index (κ2) is 8.84. The number of ketones is 1. The van der Waals surface area contributed by atoms with E-state index in [4.69, 9.17) is 9.47 Å². The number of carbonyl (C=O) groups excluding carboxylic acids is 2. The number of fused-ring (bicyclic) bond motifs is 4. The quantitative estimate of drug-likeness (QED) is 0.623. The molecule has 0 bridgehead atoms. The third-order valence-corrected chi connectivity index (χ3v) is 9.08. The summed E-state index contributed by atoms with van der Waals surface area (Å²) < 4.78 is 12.7. The highest BCUT2D eigenvalue weighted by Crippen LogP contribution is 2.62. The van der Waals surface area contributed by atoms with Gasteiger partial charge in [0.1, 0.15) is 18.0 Å². The zero-order valence-electron chi connectivity index (χ0n) is 21.3. The van der Waals surface area contributed by atoms with Gasteiger partial charge < -0.3 is 14.8 Å². The highest BCUT2D eigenvalue weighted by Gasteiger charge is 2.60. The Labute approximate surface area is 212 Å². The fraction of sp³-hybridized carbons (Fsp3) is 0.500. The number of hydrogen-bond donors (Lipinski definition) is 1. The smallest absolute Gasteiger partial charge is 0.302 e. The van der Waals surface area contributed by atoms with Crippen molar-refractivity contribution in [2.24, 2.45) is 17.3 Å². The molecule has 1 N–H and O–H groups in total. The number of Topliss-reactive ketones (excluding diaryl/α,β-unsaturated/α-hetero) is 1. The zero-order chi connectivity index (χ0) is 25.0. The standard InChI is InChI=1S/C30H34N2O4/c1-17(33)35-27-14-24-29-21(13-23-25(34)10-18(15-31-3)11-26(23)36-29)6-8-30(24,2)28(27)20-5-4-19-7-9-32-16-22(19)12-20/h4-5,7,9,12-13,16,18,24,27-29,31H,6,8,10-11,14-15H2,1-3H3/t18?,24-,27?,28-,29+,30-/m0/s1. The molecule has 188 valence electrons. The summed E-state index contributed by atoms with van der Waals surface area (Å²) in [5, 5.41) is 5.46. The lowest BCUT2D eigenvalue weighted by Crippen LogP contribution is -2.44. The van der Waals surface area contributed by atoms with Gasteiger partial charge in [0.2, 0.25) is 0 Å². The number of pyridine rings is 1. The first kappa shape index (κ1) is 23.4. The van der Waals surface area contributed by atoms with Crippen molar-refractivity contribution in [2.45, 2.75) is 64.1 Å². The van der Waals surface area contributed by atoms with Crippen LogP contribution in [0.1, 0.15) is 57.4 Å². The van der Waals surface area contributed by atoms with Crippen LogP contribution >= 0.6 is 0 Å². The Bertz CT molecular complexity index is 1300. The van der Waals surface area contributed by atoms with Crippen LogP contribution in [0.2, 0.25) is 0 Å². The molecule has 3 aliphatic carbocycles. The molecular weight excluding hydrogens is 452 g/mol. The van der Waals surface area contributed by atoms with Crippen LogP contribution in [0.4, 0.5) is 0 Å². The van der Waals surface area contributed by atoms with Crippen molar-refractivity contribution in [2.75, 3.05) is 13.6 Å². The van der Waals surface area contributed by atoms with Crippen LogP contribution < -0.4 is 5.32 Å². The zero-order valence-corrected chi connectivity index (χ0v) is 21.3. The van der Waals surface area contributed by atoms with Crippen molar-refractivity contribution in [1.29, 1.82) is 0 Å². The number of hydrogen-bond acceptors (Lipinski definition) is 6. The van der Waals surface area contributed by atoms with Crippen LogP contribution in [-0.4, -0.2) is 42.5 Å². The normalized spacial score (nSPS) is 33.4. The number of esters is 1. The van der Waals surface area contributed by atoms with Gasteiger partial charge in [-0.1, -0.05) is 19.1 Å². The van der Waals surface area contributed by atoms with Gasteiger partial charge in [-0.3, -0.25) is 14.6 Å². The molecule has 2 aromatic rings. The second-order valence-corrected chi connectivity index (χ2v) is 11.3. The minimum atomic E-state index is -0.243. The van der Waals surface area contributed by atoms with Gasteiger partial charge in [-0.2, -0.15) is 0 Å². The summed E-state index contributed by atoms with van der Waals surface area (Å²) in [5.74, 6) is 1.35. The first-order chi connectivity index (χ1) is 17.4. The molecule has 2 saturated carbocycles. The minimum Gasteiger partial charge on any atom is -0.489 e. The molecule has 6 atom stereocenters. The number of carbonyl (C=O) groups is 2. The molecule has 0 radical (unpaired) electrons. The number of ether oxygens (including phenoxy) is 2. The summed E-state index contributed by atoms with van der Waals surface area (Å²) in [6, 6.07) is 8.57. The van der Waals surface area contributed by atoms with Gasteiger partial charge in [0.15, 0.2) is 5.78 Å². The molecule has 2 heterocycles. The number of nitrogens with zero attached hydrogens (tertiary/aromatic N) is 1. The molecule has 4 aliphatic rings. The molecule has 0 spiro atoms. The SMILES string of the molecule is CNCC1CC(=O)C2=C(C1)O[C@@H]1C(=C2)CC[C@]2(C)[C@@H](c3ccc4ccncc4c3)C(OC(C)=O)C[C@@H]12. The van der Waals surface area contributed by atoms with Crippen LogP contribution in [0, 0.1) is 17.3 Å². The maximum absolute atomic E-state index is 12.9. The number of rotatable bonds is 4. The summed E-state index contributed by atoms with van der Waals surface area (Å²) in [5.41, 5.74) is 3.10. The Kier molecular flexibility index (Phi) is 5.75. The molecule has 6 heteroatoms. The first-order valence-corrected chi connectivity index (χ1v) is 13.2. The van der Waals surface area contributed by atoms with Crippen LogP contribution in [0.15, 0.2) is 59.6 Å². The molecule has 6 rings (SSSR count). The molecule has 6 nitrogen and oxygen atoms in total. The Morgan fingerprint density at radius 1 is 1.25 bits per heavy atom. The lowest BCUT2D eigenvalue weighted by atomic mass is 9.61. The Hall–Kier alpha value is -2.99. The highest BCUT2D eigenvalue weighted by atomic mass is 16.5. The predicted molar refractivity (Wildman–Crippen MR) is 137 cm³/mol. The van der Waals surface area contributed by atoms with Gasteiger partial charge in [-0.25, -0.2) is 0 Å². The topological polar surface area (TPSA) is 77.5 Å². The third kappa shape index (κ3) is 3.78. The molecule has 1 aromatic carbocycles. The fourth-order valence-electron chi connectivity index (χ4n) is 7.49. The van der Waals surface area contributed by atoms with E-state index >= 15 is 0 Å². The highest BCUT2D eigenvalue weighted by molar-refractivity contribution is 6.00. The maximum Gasteiger partial charge on any atom is 0.302 e. The number of allylic oxidation sites excluding steroid dienone is 3.